The first-order valence-electron chi connectivity index (χ1n) is 6.60. The Balaban J connectivity index is 2.20. The van der Waals surface area contributed by atoms with Crippen LogP contribution in [0.25, 0.3) is 0 Å². The highest BCUT2D eigenvalue weighted by molar-refractivity contribution is 6.30. The minimum Gasteiger partial charge on any atom is -0.363 e. The molecule has 21 heavy (non-hydrogen) atoms. The Bertz CT molecular complexity index is 612. The van der Waals surface area contributed by atoms with E-state index < -0.39 is 4.92 Å². The van der Waals surface area contributed by atoms with Crippen LogP contribution in [-0.4, -0.2) is 9.91 Å². The zero-order valence-electron chi connectivity index (χ0n) is 11.8. The fourth-order valence-electron chi connectivity index (χ4n) is 2.04. The third kappa shape index (κ3) is 3.92. The number of nitrogens with zero attached hydrogens (tertiary/aromatic N) is 2. The largest absolute Gasteiger partial charge is 0.363 e. The Labute approximate surface area is 128 Å². The van der Waals surface area contributed by atoms with Gasteiger partial charge in [0.1, 0.15) is 12.0 Å². The maximum Gasteiger partial charge on any atom is 0.287 e. The average Bonchev–Trinajstić information content (AvgIpc) is 2.46. The summed E-state index contributed by atoms with van der Waals surface area (Å²) in [5.41, 5.74) is 1.07. The summed E-state index contributed by atoms with van der Waals surface area (Å²) in [5.74, 6) is 0.928. The van der Waals surface area contributed by atoms with E-state index in [1.165, 1.54) is 12.3 Å². The van der Waals surface area contributed by atoms with Crippen molar-refractivity contribution >= 4 is 23.1 Å². The van der Waals surface area contributed by atoms with Crippen molar-refractivity contribution in [3.8, 4) is 0 Å². The van der Waals surface area contributed by atoms with Crippen LogP contribution in [0.3, 0.4) is 0 Å². The SMILES string of the molecule is CC(C)[C@@H](Nc1ccc([N+](=O)[O-])cn1)c1ccc(Cl)cc1. The van der Waals surface area contributed by atoms with Crippen molar-refractivity contribution in [2.45, 2.75) is 19.9 Å². The number of rotatable bonds is 5. The van der Waals surface area contributed by atoms with Crippen molar-refractivity contribution < 1.29 is 4.92 Å². The van der Waals surface area contributed by atoms with E-state index in [2.05, 4.69) is 24.1 Å². The second-order valence-corrected chi connectivity index (χ2v) is 5.51. The highest BCUT2D eigenvalue weighted by Crippen LogP contribution is 2.27. The summed E-state index contributed by atoms with van der Waals surface area (Å²) in [7, 11) is 0. The van der Waals surface area contributed by atoms with Gasteiger partial charge in [0.15, 0.2) is 0 Å². The lowest BCUT2D eigenvalue weighted by atomic mass is 9.96. The Morgan fingerprint density at radius 2 is 1.86 bits per heavy atom. The summed E-state index contributed by atoms with van der Waals surface area (Å²) in [6.07, 6.45) is 1.25. The van der Waals surface area contributed by atoms with Crippen molar-refractivity contribution in [3.05, 3.63) is 63.3 Å². The summed E-state index contributed by atoms with van der Waals surface area (Å²) in [6, 6.07) is 10.7. The van der Waals surface area contributed by atoms with E-state index in [0.717, 1.165) is 5.56 Å². The fourth-order valence-corrected chi connectivity index (χ4v) is 2.17. The Morgan fingerprint density at radius 1 is 1.19 bits per heavy atom. The van der Waals surface area contributed by atoms with Crippen molar-refractivity contribution in [2.75, 3.05) is 5.32 Å². The molecule has 2 rings (SSSR count). The molecule has 0 spiro atoms. The molecular weight excluding hydrogens is 290 g/mol. The monoisotopic (exact) mass is 305 g/mol. The normalized spacial score (nSPS) is 12.2. The highest BCUT2D eigenvalue weighted by Gasteiger charge is 2.16. The van der Waals surface area contributed by atoms with Gasteiger partial charge >= 0.3 is 0 Å². The predicted molar refractivity (Wildman–Crippen MR) is 83.5 cm³/mol. The molecule has 0 radical (unpaired) electrons. The molecule has 5 nitrogen and oxygen atoms in total. The zero-order chi connectivity index (χ0) is 15.4. The molecule has 1 atom stereocenters. The predicted octanol–water partition coefficient (Wildman–Crippen LogP) is 4.45. The van der Waals surface area contributed by atoms with Gasteiger partial charge in [-0.3, -0.25) is 10.1 Å². The van der Waals surface area contributed by atoms with Crippen LogP contribution in [0, 0.1) is 16.0 Å². The van der Waals surface area contributed by atoms with Gasteiger partial charge in [0.25, 0.3) is 5.69 Å². The van der Waals surface area contributed by atoms with Gasteiger partial charge in [-0.25, -0.2) is 4.98 Å². The van der Waals surface area contributed by atoms with Crippen LogP contribution in [0.1, 0.15) is 25.5 Å². The van der Waals surface area contributed by atoms with Crippen LogP contribution >= 0.6 is 11.6 Å². The second kappa shape index (κ2) is 6.54. The van der Waals surface area contributed by atoms with Crippen LogP contribution < -0.4 is 5.32 Å². The quantitative estimate of drug-likeness (QED) is 0.654. The number of halogens is 1. The van der Waals surface area contributed by atoms with Gasteiger partial charge in [-0.1, -0.05) is 37.6 Å². The van der Waals surface area contributed by atoms with Crippen LogP contribution in [0.4, 0.5) is 11.5 Å². The number of hydrogen-bond donors (Lipinski definition) is 1. The molecule has 1 aromatic carbocycles. The first-order valence-corrected chi connectivity index (χ1v) is 6.97. The third-order valence-corrected chi connectivity index (χ3v) is 3.41. The first-order chi connectivity index (χ1) is 9.97. The first kappa shape index (κ1) is 15.3. The second-order valence-electron chi connectivity index (χ2n) is 5.08. The molecule has 1 N–H and O–H groups in total. The van der Waals surface area contributed by atoms with Crippen molar-refractivity contribution in [1.29, 1.82) is 0 Å². The van der Waals surface area contributed by atoms with Crippen LogP contribution in [0.5, 0.6) is 0 Å². The zero-order valence-corrected chi connectivity index (χ0v) is 12.5. The van der Waals surface area contributed by atoms with E-state index in [9.17, 15) is 10.1 Å². The van der Waals surface area contributed by atoms with E-state index in [1.54, 1.807) is 6.07 Å². The summed E-state index contributed by atoms with van der Waals surface area (Å²) in [4.78, 5) is 14.3. The minimum atomic E-state index is -0.462. The molecule has 0 aliphatic heterocycles. The molecule has 2 aromatic rings. The molecule has 0 unspecified atom stereocenters. The maximum atomic E-state index is 10.6. The highest BCUT2D eigenvalue weighted by atomic mass is 35.5. The van der Waals surface area contributed by atoms with E-state index in [-0.39, 0.29) is 11.7 Å². The molecule has 0 amide bonds. The molecule has 0 aliphatic carbocycles. The third-order valence-electron chi connectivity index (χ3n) is 3.16. The van der Waals surface area contributed by atoms with Crippen LogP contribution in [-0.2, 0) is 0 Å². The molecule has 0 saturated heterocycles. The Morgan fingerprint density at radius 3 is 2.33 bits per heavy atom. The summed E-state index contributed by atoms with van der Waals surface area (Å²) >= 11 is 5.91. The van der Waals surface area contributed by atoms with E-state index in [0.29, 0.717) is 16.8 Å². The van der Waals surface area contributed by atoms with E-state index in [1.807, 2.05) is 24.3 Å². The molecule has 6 heteroatoms. The molecule has 0 fully saturated rings. The molecule has 1 aromatic heterocycles. The van der Waals surface area contributed by atoms with Crippen molar-refractivity contribution in [1.82, 2.24) is 4.98 Å². The van der Waals surface area contributed by atoms with Gasteiger partial charge in [0.2, 0.25) is 0 Å². The number of anilines is 1. The topological polar surface area (TPSA) is 68.1 Å². The molecule has 1 heterocycles. The number of nitro groups is 1. The molecule has 110 valence electrons. The summed E-state index contributed by atoms with van der Waals surface area (Å²) < 4.78 is 0. The minimum absolute atomic E-state index is 0.0202. The number of nitrogens with one attached hydrogen (secondary N) is 1. The van der Waals surface area contributed by atoms with Crippen LogP contribution in [0.2, 0.25) is 5.02 Å². The molecular formula is C15H16ClN3O2. The summed E-state index contributed by atoms with van der Waals surface area (Å²) in [5, 5.41) is 14.6. The lowest BCUT2D eigenvalue weighted by Crippen LogP contribution is -2.17. The van der Waals surface area contributed by atoms with Crippen LogP contribution in [0.15, 0.2) is 42.6 Å². The van der Waals surface area contributed by atoms with E-state index >= 15 is 0 Å². The maximum absolute atomic E-state index is 10.6. The fraction of sp³-hybridized carbons (Fsp3) is 0.267. The molecule has 0 saturated carbocycles. The Hall–Kier alpha value is -2.14. The average molecular weight is 306 g/mol. The van der Waals surface area contributed by atoms with Gasteiger partial charge in [0, 0.05) is 11.1 Å². The number of hydrogen-bond acceptors (Lipinski definition) is 4. The Kier molecular flexibility index (Phi) is 4.75. The number of pyridine rings is 1. The van der Waals surface area contributed by atoms with Gasteiger partial charge < -0.3 is 5.32 Å². The molecule has 0 aliphatic rings. The van der Waals surface area contributed by atoms with Crippen molar-refractivity contribution in [2.24, 2.45) is 5.92 Å². The lowest BCUT2D eigenvalue weighted by molar-refractivity contribution is -0.385. The smallest absolute Gasteiger partial charge is 0.287 e. The van der Waals surface area contributed by atoms with Gasteiger partial charge in [0.05, 0.1) is 11.0 Å². The standard InChI is InChI=1S/C15H16ClN3O2/c1-10(2)15(11-3-5-12(16)6-4-11)18-14-8-7-13(9-17-14)19(20)21/h3-10,15H,1-2H3,(H,17,18)/t15-/m1/s1. The lowest BCUT2D eigenvalue weighted by Gasteiger charge is -2.23. The van der Waals surface area contributed by atoms with Crippen molar-refractivity contribution in [3.63, 3.8) is 0 Å². The van der Waals surface area contributed by atoms with Gasteiger partial charge in [-0.15, -0.1) is 0 Å². The summed E-state index contributed by atoms with van der Waals surface area (Å²) in [6.45, 7) is 4.19. The van der Waals surface area contributed by atoms with Gasteiger partial charge in [-0.05, 0) is 29.7 Å². The molecule has 0 bridgehead atoms. The van der Waals surface area contributed by atoms with Gasteiger partial charge in [-0.2, -0.15) is 0 Å². The number of aromatic nitrogens is 1. The van der Waals surface area contributed by atoms with E-state index in [4.69, 9.17) is 11.6 Å². The number of benzene rings is 1.